The van der Waals surface area contributed by atoms with Crippen molar-refractivity contribution in [1.29, 1.82) is 0 Å². The molecular weight excluding hydrogens is 332 g/mol. The van der Waals surface area contributed by atoms with E-state index in [2.05, 4.69) is 9.89 Å². The third kappa shape index (κ3) is 3.22. The molecule has 0 bridgehead atoms. The van der Waals surface area contributed by atoms with Crippen molar-refractivity contribution in [2.75, 3.05) is 45.8 Å². The van der Waals surface area contributed by atoms with Crippen molar-refractivity contribution >= 4 is 23.7 Å². The Bertz CT molecular complexity index is 610. The van der Waals surface area contributed by atoms with E-state index in [0.29, 0.717) is 50.4 Å². The normalized spacial score (nSPS) is 35.3. The molecule has 1 aliphatic carbocycles. The highest BCUT2D eigenvalue weighted by Crippen LogP contribution is 2.31. The first-order chi connectivity index (χ1) is 12.7. The Labute approximate surface area is 154 Å². The van der Waals surface area contributed by atoms with Crippen LogP contribution in [0.4, 0.5) is 0 Å². The molecule has 26 heavy (non-hydrogen) atoms. The Morgan fingerprint density at radius 3 is 2.46 bits per heavy atom. The number of rotatable bonds is 4. The first kappa shape index (κ1) is 17.8. The summed E-state index contributed by atoms with van der Waals surface area (Å²) < 4.78 is 0. The van der Waals surface area contributed by atoms with Crippen LogP contribution in [0.2, 0.25) is 0 Å². The summed E-state index contributed by atoms with van der Waals surface area (Å²) in [6.45, 7) is 5.52. The van der Waals surface area contributed by atoms with Crippen LogP contribution in [0, 0.1) is 5.92 Å². The topological polar surface area (TPSA) is 73.3 Å². The van der Waals surface area contributed by atoms with Gasteiger partial charge in [-0.2, -0.15) is 0 Å². The number of piperidine rings is 2. The van der Waals surface area contributed by atoms with E-state index in [-0.39, 0.29) is 5.78 Å². The summed E-state index contributed by atoms with van der Waals surface area (Å²) in [5.74, 6) is -0.219. The van der Waals surface area contributed by atoms with Gasteiger partial charge < -0.3 is 9.80 Å². The van der Waals surface area contributed by atoms with E-state index in [1.165, 1.54) is 45.2 Å². The van der Waals surface area contributed by atoms with Gasteiger partial charge in [0.25, 0.3) is 0 Å². The first-order valence-electron chi connectivity index (χ1n) is 9.99. The van der Waals surface area contributed by atoms with E-state index in [0.717, 1.165) is 6.41 Å². The standard InChI is InChI=1S/C19H28N4O3/c24-13-21-8-10-23(11-9-21)17-16(18(25)19(17)26)20-12-14-4-3-7-22-6-2-1-5-15(14)22/h13-15,17H,1-12H2. The third-order valence-corrected chi connectivity index (χ3v) is 6.55. The lowest BCUT2D eigenvalue weighted by atomic mass is 9.82. The predicted octanol–water partition coefficient (Wildman–Crippen LogP) is -0.0137. The van der Waals surface area contributed by atoms with Crippen LogP contribution in [0.25, 0.3) is 0 Å². The van der Waals surface area contributed by atoms with E-state index >= 15 is 0 Å². The Kier molecular flexibility index (Phi) is 5.18. The van der Waals surface area contributed by atoms with Gasteiger partial charge >= 0.3 is 0 Å². The van der Waals surface area contributed by atoms with E-state index in [9.17, 15) is 14.4 Å². The Hall–Kier alpha value is -1.60. The summed E-state index contributed by atoms with van der Waals surface area (Å²) in [5, 5.41) is 0. The van der Waals surface area contributed by atoms with Crippen molar-refractivity contribution in [2.45, 2.75) is 44.2 Å². The van der Waals surface area contributed by atoms with Gasteiger partial charge in [-0.05, 0) is 44.7 Å². The number of carbonyl (C=O) groups excluding carboxylic acids is 3. The average Bonchev–Trinajstić information content (AvgIpc) is 2.70. The number of carbonyl (C=O) groups is 3. The van der Waals surface area contributed by atoms with Gasteiger partial charge in [-0.25, -0.2) is 0 Å². The van der Waals surface area contributed by atoms with Crippen LogP contribution in [-0.4, -0.2) is 96.3 Å². The smallest absolute Gasteiger partial charge is 0.246 e. The fourth-order valence-corrected chi connectivity index (χ4v) is 5.02. The molecule has 0 aromatic carbocycles. The molecule has 142 valence electrons. The molecule has 7 heteroatoms. The molecule has 3 atom stereocenters. The Morgan fingerprint density at radius 1 is 0.923 bits per heavy atom. The van der Waals surface area contributed by atoms with E-state index in [4.69, 9.17) is 0 Å². The van der Waals surface area contributed by atoms with Crippen molar-refractivity contribution in [3.8, 4) is 0 Å². The second-order valence-corrected chi connectivity index (χ2v) is 8.00. The van der Waals surface area contributed by atoms with Crippen molar-refractivity contribution < 1.29 is 14.4 Å². The maximum Gasteiger partial charge on any atom is 0.246 e. The molecule has 4 fully saturated rings. The van der Waals surface area contributed by atoms with Crippen LogP contribution in [0.15, 0.2) is 4.99 Å². The summed E-state index contributed by atoms with van der Waals surface area (Å²) in [5.41, 5.74) is 0.461. The fraction of sp³-hybridized carbons (Fsp3) is 0.789. The minimum atomic E-state index is -0.470. The lowest BCUT2D eigenvalue weighted by molar-refractivity contribution is -0.139. The number of ketones is 2. The van der Waals surface area contributed by atoms with E-state index < -0.39 is 11.8 Å². The van der Waals surface area contributed by atoms with Gasteiger partial charge in [0.2, 0.25) is 18.0 Å². The molecule has 0 aromatic heterocycles. The second-order valence-electron chi connectivity index (χ2n) is 8.00. The van der Waals surface area contributed by atoms with Crippen molar-refractivity contribution in [1.82, 2.24) is 14.7 Å². The zero-order valence-electron chi connectivity index (χ0n) is 15.3. The van der Waals surface area contributed by atoms with Crippen LogP contribution < -0.4 is 0 Å². The molecule has 0 aromatic rings. The van der Waals surface area contributed by atoms with Crippen LogP contribution in [0.1, 0.15) is 32.1 Å². The number of nitrogens with zero attached hydrogens (tertiary/aromatic N) is 4. The summed E-state index contributed by atoms with van der Waals surface area (Å²) >= 11 is 0. The molecule has 1 amide bonds. The van der Waals surface area contributed by atoms with Gasteiger partial charge in [0.05, 0.1) is 0 Å². The molecule has 3 aliphatic heterocycles. The molecule has 0 spiro atoms. The lowest BCUT2D eigenvalue weighted by Gasteiger charge is -2.44. The first-order valence-corrected chi connectivity index (χ1v) is 9.99. The minimum Gasteiger partial charge on any atom is -0.343 e. The molecule has 0 N–H and O–H groups in total. The van der Waals surface area contributed by atoms with Crippen LogP contribution >= 0.6 is 0 Å². The Balaban J connectivity index is 1.41. The van der Waals surface area contributed by atoms with Gasteiger partial charge in [-0.15, -0.1) is 0 Å². The fourth-order valence-electron chi connectivity index (χ4n) is 5.02. The van der Waals surface area contributed by atoms with Gasteiger partial charge in [0.1, 0.15) is 11.8 Å². The molecule has 0 radical (unpaired) electrons. The minimum absolute atomic E-state index is 0.328. The average molecular weight is 360 g/mol. The highest BCUT2D eigenvalue weighted by Gasteiger charge is 2.49. The molecule has 3 unspecified atom stereocenters. The summed E-state index contributed by atoms with van der Waals surface area (Å²) in [7, 11) is 0. The summed E-state index contributed by atoms with van der Waals surface area (Å²) in [6.07, 6.45) is 7.03. The predicted molar refractivity (Wildman–Crippen MR) is 97.3 cm³/mol. The maximum absolute atomic E-state index is 12.1. The summed E-state index contributed by atoms with van der Waals surface area (Å²) in [4.78, 5) is 46.1. The van der Waals surface area contributed by atoms with E-state index in [1.54, 1.807) is 4.90 Å². The number of hydrogen-bond donors (Lipinski definition) is 0. The highest BCUT2D eigenvalue weighted by atomic mass is 16.2. The van der Waals surface area contributed by atoms with Gasteiger partial charge in [-0.3, -0.25) is 24.3 Å². The van der Waals surface area contributed by atoms with Gasteiger partial charge in [0, 0.05) is 38.8 Å². The number of aliphatic imine (C=N–C) groups is 1. The van der Waals surface area contributed by atoms with Crippen molar-refractivity contribution in [3.63, 3.8) is 0 Å². The largest absolute Gasteiger partial charge is 0.343 e. The quantitative estimate of drug-likeness (QED) is 0.521. The SMILES string of the molecule is O=CN1CCN(C2C(=O)C(=O)C2=NCC2CCCN3CCCCC23)CC1. The molecule has 7 nitrogen and oxygen atoms in total. The molecule has 1 saturated carbocycles. The number of amides is 1. The van der Waals surface area contributed by atoms with Crippen molar-refractivity contribution in [3.05, 3.63) is 0 Å². The molecule has 4 aliphatic rings. The number of fused-ring (bicyclic) bond motifs is 1. The van der Waals surface area contributed by atoms with E-state index in [1.807, 2.05) is 4.90 Å². The molecular formula is C19H28N4O3. The molecule has 3 heterocycles. The number of hydrogen-bond acceptors (Lipinski definition) is 6. The third-order valence-electron chi connectivity index (χ3n) is 6.55. The zero-order valence-corrected chi connectivity index (χ0v) is 15.3. The monoisotopic (exact) mass is 360 g/mol. The van der Waals surface area contributed by atoms with Gasteiger partial charge in [0.15, 0.2) is 0 Å². The van der Waals surface area contributed by atoms with Gasteiger partial charge in [-0.1, -0.05) is 6.42 Å². The van der Waals surface area contributed by atoms with Crippen LogP contribution in [-0.2, 0) is 14.4 Å². The molecule has 3 saturated heterocycles. The molecule has 4 rings (SSSR count). The zero-order chi connectivity index (χ0) is 18.1. The Morgan fingerprint density at radius 2 is 1.69 bits per heavy atom. The number of Topliss-reactive ketones (excluding diaryl/α,β-unsaturated/α-hetero) is 2. The number of piperazine rings is 1. The summed E-state index contributed by atoms with van der Waals surface area (Å²) in [6, 6.07) is 0.129. The second kappa shape index (κ2) is 7.56. The van der Waals surface area contributed by atoms with Crippen LogP contribution in [0.3, 0.4) is 0 Å². The maximum atomic E-state index is 12.1. The lowest BCUT2D eigenvalue weighted by Crippen LogP contribution is -2.65. The van der Waals surface area contributed by atoms with Crippen LogP contribution in [0.5, 0.6) is 0 Å². The van der Waals surface area contributed by atoms with Crippen molar-refractivity contribution in [2.24, 2.45) is 10.9 Å². The highest BCUT2D eigenvalue weighted by molar-refractivity contribution is 6.80.